The number of aromatic nitrogens is 1. The molecule has 0 bridgehead atoms. The average molecular weight is 407 g/mol. The largest absolute Gasteiger partial charge is 0.338 e. The third-order valence-corrected chi connectivity index (χ3v) is 4.57. The van der Waals surface area contributed by atoms with Crippen molar-refractivity contribution in [3.05, 3.63) is 69.3 Å². The maximum absolute atomic E-state index is 12.4. The number of hydrazine groups is 1. The topological polar surface area (TPSA) is 63.1 Å². The normalized spacial score (nSPS) is 10.6. The SMILES string of the molecule is Cn1c(C(=O)NNC(=O)c2ccc(Br)cc2)c(Cl)c2ccccc21. The molecule has 0 spiro atoms. The Morgan fingerprint density at radius 2 is 1.62 bits per heavy atom. The lowest BCUT2D eigenvalue weighted by Crippen LogP contribution is -2.42. The predicted molar refractivity (Wildman–Crippen MR) is 97.0 cm³/mol. The first-order chi connectivity index (χ1) is 11.5. The smallest absolute Gasteiger partial charge is 0.287 e. The van der Waals surface area contributed by atoms with Gasteiger partial charge in [0.15, 0.2) is 0 Å². The van der Waals surface area contributed by atoms with E-state index >= 15 is 0 Å². The molecule has 1 aromatic heterocycles. The Balaban J connectivity index is 1.78. The van der Waals surface area contributed by atoms with Gasteiger partial charge in [0, 0.05) is 28.0 Å². The number of nitrogens with zero attached hydrogens (tertiary/aromatic N) is 1. The van der Waals surface area contributed by atoms with Gasteiger partial charge in [0.2, 0.25) is 0 Å². The highest BCUT2D eigenvalue weighted by Gasteiger charge is 2.20. The minimum absolute atomic E-state index is 0.286. The van der Waals surface area contributed by atoms with Crippen molar-refractivity contribution >= 4 is 50.2 Å². The van der Waals surface area contributed by atoms with Crippen LogP contribution in [0.15, 0.2) is 53.0 Å². The molecule has 0 atom stereocenters. The third kappa shape index (κ3) is 3.02. The number of carbonyl (C=O) groups is 2. The van der Waals surface area contributed by atoms with Crippen LogP contribution in [0, 0.1) is 0 Å². The minimum atomic E-state index is -0.482. The molecule has 0 aliphatic heterocycles. The first-order valence-corrected chi connectivity index (χ1v) is 8.25. The number of fused-ring (bicyclic) bond motifs is 1. The standard InChI is InChI=1S/C17H13BrClN3O2/c1-22-13-5-3-2-4-12(13)14(19)15(22)17(24)21-20-16(23)10-6-8-11(18)9-7-10/h2-9H,1H3,(H,20,23)(H,21,24). The number of hydrogen-bond acceptors (Lipinski definition) is 2. The Morgan fingerprint density at radius 3 is 2.29 bits per heavy atom. The fourth-order valence-corrected chi connectivity index (χ4v) is 3.08. The van der Waals surface area contributed by atoms with Crippen LogP contribution in [0.4, 0.5) is 0 Å². The van der Waals surface area contributed by atoms with E-state index < -0.39 is 11.8 Å². The molecule has 2 aromatic carbocycles. The fraction of sp³-hybridized carbons (Fsp3) is 0.0588. The quantitative estimate of drug-likeness (QED) is 0.638. The molecule has 0 aliphatic rings. The summed E-state index contributed by atoms with van der Waals surface area (Å²) >= 11 is 9.61. The lowest BCUT2D eigenvalue weighted by atomic mass is 10.2. The van der Waals surface area contributed by atoms with Crippen molar-refractivity contribution in [2.75, 3.05) is 0 Å². The Bertz CT molecular complexity index is 896. The van der Waals surface area contributed by atoms with Gasteiger partial charge in [-0.05, 0) is 30.3 Å². The van der Waals surface area contributed by atoms with Crippen LogP contribution in [0.25, 0.3) is 10.9 Å². The van der Waals surface area contributed by atoms with E-state index in [0.29, 0.717) is 10.6 Å². The van der Waals surface area contributed by atoms with Gasteiger partial charge in [-0.15, -0.1) is 0 Å². The number of aryl methyl sites for hydroxylation is 1. The van der Waals surface area contributed by atoms with Gasteiger partial charge in [0.25, 0.3) is 11.8 Å². The zero-order chi connectivity index (χ0) is 17.3. The minimum Gasteiger partial charge on any atom is -0.338 e. The molecule has 24 heavy (non-hydrogen) atoms. The second-order valence-corrected chi connectivity index (χ2v) is 6.45. The van der Waals surface area contributed by atoms with Gasteiger partial charge in [0.1, 0.15) is 5.69 Å². The van der Waals surface area contributed by atoms with Gasteiger partial charge >= 0.3 is 0 Å². The molecular formula is C17H13BrClN3O2. The molecule has 0 unspecified atom stereocenters. The summed E-state index contributed by atoms with van der Waals surface area (Å²) in [4.78, 5) is 24.5. The van der Waals surface area contributed by atoms with Crippen LogP contribution in [-0.4, -0.2) is 16.4 Å². The van der Waals surface area contributed by atoms with Crippen molar-refractivity contribution in [3.63, 3.8) is 0 Å². The van der Waals surface area contributed by atoms with Gasteiger partial charge in [0.05, 0.1) is 5.02 Å². The molecule has 0 fully saturated rings. The molecule has 0 saturated heterocycles. The van der Waals surface area contributed by atoms with E-state index in [9.17, 15) is 9.59 Å². The Morgan fingerprint density at radius 1 is 1.00 bits per heavy atom. The third-order valence-electron chi connectivity index (χ3n) is 3.66. The number of para-hydroxylation sites is 1. The summed E-state index contributed by atoms with van der Waals surface area (Å²) in [7, 11) is 1.75. The van der Waals surface area contributed by atoms with Crippen molar-refractivity contribution in [1.29, 1.82) is 0 Å². The van der Waals surface area contributed by atoms with E-state index in [1.165, 1.54) is 0 Å². The van der Waals surface area contributed by atoms with Gasteiger partial charge in [-0.3, -0.25) is 20.4 Å². The molecule has 5 nitrogen and oxygen atoms in total. The van der Waals surface area contributed by atoms with Crippen molar-refractivity contribution in [3.8, 4) is 0 Å². The first-order valence-electron chi connectivity index (χ1n) is 7.08. The number of nitrogens with one attached hydrogen (secondary N) is 2. The monoisotopic (exact) mass is 405 g/mol. The number of hydrogen-bond donors (Lipinski definition) is 2. The molecule has 2 N–H and O–H groups in total. The Hall–Kier alpha value is -2.31. The highest BCUT2D eigenvalue weighted by atomic mass is 79.9. The van der Waals surface area contributed by atoms with Crippen LogP contribution in [0.3, 0.4) is 0 Å². The molecule has 122 valence electrons. The van der Waals surface area contributed by atoms with Crippen molar-refractivity contribution < 1.29 is 9.59 Å². The Labute approximate surface area is 151 Å². The van der Waals surface area contributed by atoms with Gasteiger partial charge < -0.3 is 4.57 Å². The summed E-state index contributed by atoms with van der Waals surface area (Å²) < 4.78 is 2.56. The van der Waals surface area contributed by atoms with E-state index in [2.05, 4.69) is 26.8 Å². The van der Waals surface area contributed by atoms with Crippen LogP contribution in [0.5, 0.6) is 0 Å². The number of amides is 2. The summed E-state index contributed by atoms with van der Waals surface area (Å²) in [6.07, 6.45) is 0. The highest BCUT2D eigenvalue weighted by molar-refractivity contribution is 9.10. The van der Waals surface area contributed by atoms with Gasteiger partial charge in [-0.25, -0.2) is 0 Å². The second kappa shape index (κ2) is 6.67. The molecule has 0 saturated carbocycles. The summed E-state index contributed by atoms with van der Waals surface area (Å²) in [6.45, 7) is 0. The lowest BCUT2D eigenvalue weighted by Gasteiger charge is -2.09. The number of benzene rings is 2. The Kier molecular flexibility index (Phi) is 4.59. The molecule has 3 aromatic rings. The van der Waals surface area contributed by atoms with Crippen LogP contribution >= 0.6 is 27.5 Å². The van der Waals surface area contributed by atoms with Crippen LogP contribution in [-0.2, 0) is 7.05 Å². The second-order valence-electron chi connectivity index (χ2n) is 5.15. The van der Waals surface area contributed by atoms with E-state index in [1.54, 1.807) is 35.9 Å². The zero-order valence-corrected chi connectivity index (χ0v) is 15.0. The molecule has 3 rings (SSSR count). The maximum atomic E-state index is 12.4. The first kappa shape index (κ1) is 16.5. The molecular weight excluding hydrogens is 394 g/mol. The molecule has 0 radical (unpaired) electrons. The van der Waals surface area contributed by atoms with E-state index in [4.69, 9.17) is 11.6 Å². The van der Waals surface area contributed by atoms with Crippen LogP contribution in [0.2, 0.25) is 5.02 Å². The summed E-state index contributed by atoms with van der Waals surface area (Å²) in [5.41, 5.74) is 6.35. The van der Waals surface area contributed by atoms with Gasteiger partial charge in [-0.1, -0.05) is 45.7 Å². The number of carbonyl (C=O) groups excluding carboxylic acids is 2. The van der Waals surface area contributed by atoms with E-state index in [-0.39, 0.29) is 5.69 Å². The number of halogens is 2. The van der Waals surface area contributed by atoms with Crippen LogP contribution < -0.4 is 10.9 Å². The van der Waals surface area contributed by atoms with E-state index in [1.807, 2.05) is 24.3 Å². The average Bonchev–Trinajstić information content (AvgIpc) is 2.85. The molecule has 0 aliphatic carbocycles. The van der Waals surface area contributed by atoms with Crippen molar-refractivity contribution in [1.82, 2.24) is 15.4 Å². The zero-order valence-electron chi connectivity index (χ0n) is 12.6. The van der Waals surface area contributed by atoms with Crippen LogP contribution in [0.1, 0.15) is 20.8 Å². The summed E-state index contributed by atoms with van der Waals surface area (Å²) in [5, 5.41) is 1.13. The summed E-state index contributed by atoms with van der Waals surface area (Å²) in [5.74, 6) is -0.894. The van der Waals surface area contributed by atoms with E-state index in [0.717, 1.165) is 15.4 Å². The van der Waals surface area contributed by atoms with Crippen molar-refractivity contribution in [2.24, 2.45) is 7.05 Å². The fourth-order valence-electron chi connectivity index (χ4n) is 2.45. The molecule has 7 heteroatoms. The molecule has 2 amide bonds. The highest BCUT2D eigenvalue weighted by Crippen LogP contribution is 2.29. The predicted octanol–water partition coefficient (Wildman–Crippen LogP) is 3.67. The number of rotatable bonds is 2. The summed E-state index contributed by atoms with van der Waals surface area (Å²) in [6, 6.07) is 14.2. The lowest BCUT2D eigenvalue weighted by molar-refractivity contribution is 0.0842. The van der Waals surface area contributed by atoms with Crippen molar-refractivity contribution in [2.45, 2.75) is 0 Å². The molecule has 1 heterocycles. The maximum Gasteiger partial charge on any atom is 0.287 e. The van der Waals surface area contributed by atoms with Gasteiger partial charge in [-0.2, -0.15) is 0 Å².